The third kappa shape index (κ3) is 7.16. The molecule has 4 aromatic rings. The quantitative estimate of drug-likeness (QED) is 0.202. The number of aryl methyl sites for hydroxylation is 1. The molecule has 1 unspecified atom stereocenters. The summed E-state index contributed by atoms with van der Waals surface area (Å²) in [7, 11) is 0. The molecule has 0 aromatic heterocycles. The van der Waals surface area contributed by atoms with Crippen molar-refractivity contribution in [1.82, 2.24) is 0 Å². The number of hydrogen-bond acceptors (Lipinski definition) is 2. The van der Waals surface area contributed by atoms with Gasteiger partial charge in [0.1, 0.15) is 0 Å². The van der Waals surface area contributed by atoms with Gasteiger partial charge in [-0.1, -0.05) is 133 Å². The highest BCUT2D eigenvalue weighted by Gasteiger charge is 2.30. The second kappa shape index (κ2) is 13.5. The monoisotopic (exact) mass is 680 g/mol. The van der Waals surface area contributed by atoms with E-state index < -0.39 is 0 Å². The number of ketones is 2. The SMILES string of the molecule is BrCc1ccccc1Br.O=C1CCc2ccccc21.O=C1c2ccccc2CC1Cc1ccccc1Br. The molecule has 2 nitrogen and oxygen atoms in total. The van der Waals surface area contributed by atoms with E-state index in [1.165, 1.54) is 26.7 Å². The Kier molecular flexibility index (Phi) is 10.1. The molecule has 37 heavy (non-hydrogen) atoms. The summed E-state index contributed by atoms with van der Waals surface area (Å²) < 4.78 is 2.26. The van der Waals surface area contributed by atoms with E-state index in [4.69, 9.17) is 0 Å². The smallest absolute Gasteiger partial charge is 0.166 e. The maximum Gasteiger partial charge on any atom is 0.166 e. The summed E-state index contributed by atoms with van der Waals surface area (Å²) in [6.45, 7) is 0. The maximum atomic E-state index is 12.3. The Morgan fingerprint density at radius 1 is 0.622 bits per heavy atom. The van der Waals surface area contributed by atoms with E-state index in [2.05, 4.69) is 66.0 Å². The first-order valence-electron chi connectivity index (χ1n) is 12.2. The van der Waals surface area contributed by atoms with Crippen LogP contribution >= 0.6 is 47.8 Å². The van der Waals surface area contributed by atoms with Crippen LogP contribution in [0.4, 0.5) is 0 Å². The Morgan fingerprint density at radius 2 is 1.16 bits per heavy atom. The summed E-state index contributed by atoms with van der Waals surface area (Å²) in [6, 6.07) is 32.1. The lowest BCUT2D eigenvalue weighted by Gasteiger charge is -2.09. The van der Waals surface area contributed by atoms with Gasteiger partial charge < -0.3 is 0 Å². The van der Waals surface area contributed by atoms with Crippen molar-refractivity contribution >= 4 is 59.4 Å². The van der Waals surface area contributed by atoms with Crippen molar-refractivity contribution in [2.24, 2.45) is 5.92 Å². The Morgan fingerprint density at radius 3 is 1.73 bits per heavy atom. The van der Waals surface area contributed by atoms with Gasteiger partial charge in [-0.3, -0.25) is 9.59 Å². The van der Waals surface area contributed by atoms with Crippen LogP contribution in [-0.2, 0) is 24.6 Å². The van der Waals surface area contributed by atoms with Crippen LogP contribution in [-0.4, -0.2) is 11.6 Å². The van der Waals surface area contributed by atoms with Crippen molar-refractivity contribution in [3.8, 4) is 0 Å². The van der Waals surface area contributed by atoms with Gasteiger partial charge in [0.05, 0.1) is 0 Å². The number of carbonyl (C=O) groups is 2. The zero-order chi connectivity index (χ0) is 26.2. The predicted octanol–water partition coefficient (Wildman–Crippen LogP) is 9.21. The van der Waals surface area contributed by atoms with Gasteiger partial charge in [0.15, 0.2) is 11.6 Å². The van der Waals surface area contributed by atoms with Crippen molar-refractivity contribution in [3.05, 3.63) is 139 Å². The van der Waals surface area contributed by atoms with E-state index >= 15 is 0 Å². The lowest BCUT2D eigenvalue weighted by molar-refractivity contribution is 0.0935. The van der Waals surface area contributed by atoms with Crippen LogP contribution in [0.5, 0.6) is 0 Å². The molecule has 0 saturated heterocycles. The molecular formula is C32H27Br3O2. The molecule has 6 rings (SSSR count). The van der Waals surface area contributed by atoms with E-state index in [1.807, 2.05) is 78.9 Å². The highest BCUT2D eigenvalue weighted by molar-refractivity contribution is 9.11. The average molecular weight is 683 g/mol. The van der Waals surface area contributed by atoms with Gasteiger partial charge in [-0.15, -0.1) is 0 Å². The second-order valence-electron chi connectivity index (χ2n) is 9.02. The summed E-state index contributed by atoms with van der Waals surface area (Å²) >= 11 is 10.4. The van der Waals surface area contributed by atoms with Crippen molar-refractivity contribution in [2.75, 3.05) is 0 Å². The molecule has 0 radical (unpaired) electrons. The van der Waals surface area contributed by atoms with Crippen molar-refractivity contribution in [2.45, 2.75) is 31.0 Å². The molecule has 0 spiro atoms. The van der Waals surface area contributed by atoms with Crippen LogP contribution in [0.2, 0.25) is 0 Å². The van der Waals surface area contributed by atoms with E-state index in [0.717, 1.165) is 40.2 Å². The summed E-state index contributed by atoms with van der Waals surface area (Å²) in [5, 5.41) is 0.911. The number of carbonyl (C=O) groups excluding carboxylic acids is 2. The first-order valence-corrected chi connectivity index (χ1v) is 14.9. The van der Waals surface area contributed by atoms with Gasteiger partial charge in [0, 0.05) is 37.7 Å². The Bertz CT molecular complexity index is 1400. The highest BCUT2D eigenvalue weighted by atomic mass is 79.9. The van der Waals surface area contributed by atoms with Crippen LogP contribution < -0.4 is 0 Å². The maximum absolute atomic E-state index is 12.3. The number of rotatable bonds is 3. The molecule has 1 atom stereocenters. The normalized spacial score (nSPS) is 15.2. The molecule has 2 aliphatic carbocycles. The fourth-order valence-electron chi connectivity index (χ4n) is 4.61. The van der Waals surface area contributed by atoms with Gasteiger partial charge >= 0.3 is 0 Å². The lowest BCUT2D eigenvalue weighted by Crippen LogP contribution is -2.12. The summed E-state index contributed by atoms with van der Waals surface area (Å²) in [5.74, 6) is 0.693. The summed E-state index contributed by atoms with van der Waals surface area (Å²) in [6.07, 6.45) is 3.33. The minimum absolute atomic E-state index is 0.0982. The number of Topliss-reactive ketones (excluding diaryl/α,β-unsaturated/α-hetero) is 2. The third-order valence-electron chi connectivity index (χ3n) is 6.59. The Balaban J connectivity index is 0.000000143. The standard InChI is InChI=1S/C16H13BrO.C9H8O.C7H6Br2/c17-15-8-4-2-6-12(15)10-13-9-11-5-1-3-7-14(11)16(13)18;10-9-6-5-7-3-1-2-4-8(7)9;8-5-6-3-1-2-4-7(6)9/h1-8,13H,9-10H2;1-4H,5-6H2;1-4H,5H2. The molecular weight excluding hydrogens is 656 g/mol. The van der Waals surface area contributed by atoms with Crippen molar-refractivity contribution in [1.29, 1.82) is 0 Å². The molecule has 4 aromatic carbocycles. The Labute approximate surface area is 243 Å². The zero-order valence-electron chi connectivity index (χ0n) is 20.3. The zero-order valence-corrected chi connectivity index (χ0v) is 25.1. The van der Waals surface area contributed by atoms with E-state index in [9.17, 15) is 9.59 Å². The van der Waals surface area contributed by atoms with Gasteiger partial charge in [-0.25, -0.2) is 0 Å². The fourth-order valence-corrected chi connectivity index (χ4v) is 6.35. The van der Waals surface area contributed by atoms with Crippen LogP contribution in [0.25, 0.3) is 0 Å². The minimum atomic E-state index is 0.0982. The molecule has 0 amide bonds. The summed E-state index contributed by atoms with van der Waals surface area (Å²) in [5.41, 5.74) is 6.75. The van der Waals surface area contributed by atoms with Crippen LogP contribution in [0.1, 0.15) is 49.4 Å². The van der Waals surface area contributed by atoms with Crippen molar-refractivity contribution < 1.29 is 9.59 Å². The molecule has 188 valence electrons. The van der Waals surface area contributed by atoms with Crippen LogP contribution in [0.15, 0.2) is 106 Å². The molecule has 0 saturated carbocycles. The molecule has 0 aliphatic heterocycles. The number of benzene rings is 4. The predicted molar refractivity (Wildman–Crippen MR) is 162 cm³/mol. The minimum Gasteiger partial charge on any atom is -0.294 e. The third-order valence-corrected chi connectivity index (χ3v) is 8.74. The molecule has 0 N–H and O–H groups in total. The van der Waals surface area contributed by atoms with Gasteiger partial charge in [0.2, 0.25) is 0 Å². The van der Waals surface area contributed by atoms with Crippen molar-refractivity contribution in [3.63, 3.8) is 0 Å². The molecule has 0 fully saturated rings. The second-order valence-corrected chi connectivity index (χ2v) is 11.3. The largest absolute Gasteiger partial charge is 0.294 e. The Hall–Kier alpha value is -2.34. The first kappa shape index (κ1) is 27.7. The van der Waals surface area contributed by atoms with Crippen LogP contribution in [0, 0.1) is 5.92 Å². The summed E-state index contributed by atoms with van der Waals surface area (Å²) in [4.78, 5) is 23.4. The highest BCUT2D eigenvalue weighted by Crippen LogP contribution is 2.30. The number of alkyl halides is 1. The first-order chi connectivity index (χ1) is 18.0. The lowest BCUT2D eigenvalue weighted by atomic mass is 9.96. The topological polar surface area (TPSA) is 34.1 Å². The molecule has 5 heteroatoms. The fraction of sp³-hybridized carbons (Fsp3) is 0.188. The van der Waals surface area contributed by atoms with Gasteiger partial charge in [-0.05, 0) is 53.6 Å². The van der Waals surface area contributed by atoms with Crippen LogP contribution in [0.3, 0.4) is 0 Å². The number of fused-ring (bicyclic) bond motifs is 2. The molecule has 0 heterocycles. The molecule has 0 bridgehead atoms. The van der Waals surface area contributed by atoms with Gasteiger partial charge in [-0.2, -0.15) is 0 Å². The molecule has 2 aliphatic rings. The number of hydrogen-bond donors (Lipinski definition) is 0. The average Bonchev–Trinajstić information content (AvgIpc) is 3.46. The van der Waals surface area contributed by atoms with E-state index in [1.54, 1.807) is 0 Å². The van der Waals surface area contributed by atoms with E-state index in [0.29, 0.717) is 18.0 Å². The number of halogens is 3. The van der Waals surface area contributed by atoms with E-state index in [-0.39, 0.29) is 5.92 Å². The van der Waals surface area contributed by atoms with Gasteiger partial charge in [0.25, 0.3) is 0 Å².